The lowest BCUT2D eigenvalue weighted by Gasteiger charge is -1.99. The second-order valence-corrected chi connectivity index (χ2v) is 3.34. The van der Waals surface area contributed by atoms with Gasteiger partial charge in [-0.15, -0.1) is 5.10 Å². The molecule has 1 aromatic carbocycles. The summed E-state index contributed by atoms with van der Waals surface area (Å²) in [6.07, 6.45) is 0. The molecule has 0 saturated carbocycles. The van der Waals surface area contributed by atoms with E-state index in [4.69, 9.17) is 17.4 Å². The fourth-order valence-electron chi connectivity index (χ4n) is 1.24. The first-order valence-electron chi connectivity index (χ1n) is 4.32. The standard InChI is InChI=1S/C8H7N5O2S/c14-7(10-15)5-2-1-3-6(4-5)13-8(16)9-11-12-13/h1-4,15H,(H,10,14)(H,9,12,16)/p+1. The maximum Gasteiger partial charge on any atom is 0.349 e. The number of rotatable bonds is 2. The van der Waals surface area contributed by atoms with Gasteiger partial charge in [-0.3, -0.25) is 10.0 Å². The monoisotopic (exact) mass is 238 g/mol. The van der Waals surface area contributed by atoms with Crippen molar-refractivity contribution >= 4 is 18.1 Å². The second-order valence-electron chi connectivity index (χ2n) is 2.96. The number of nitrogens with one attached hydrogen (secondary N) is 3. The minimum Gasteiger partial charge on any atom is -0.288 e. The maximum atomic E-state index is 11.2. The Bertz CT molecular complexity index is 576. The van der Waals surface area contributed by atoms with E-state index in [1.54, 1.807) is 29.7 Å². The molecule has 8 heteroatoms. The number of H-pyrrole nitrogens is 2. The van der Waals surface area contributed by atoms with Gasteiger partial charge in [-0.05, 0) is 18.2 Å². The molecule has 7 nitrogen and oxygen atoms in total. The van der Waals surface area contributed by atoms with Gasteiger partial charge in [0, 0.05) is 17.8 Å². The Labute approximate surface area is 94.7 Å². The van der Waals surface area contributed by atoms with Gasteiger partial charge in [-0.2, -0.15) is 0 Å². The normalized spacial score (nSPS) is 10.1. The van der Waals surface area contributed by atoms with Crippen molar-refractivity contribution in [3.8, 4) is 5.69 Å². The Kier molecular flexibility index (Phi) is 2.75. The van der Waals surface area contributed by atoms with Gasteiger partial charge >= 0.3 is 4.77 Å². The summed E-state index contributed by atoms with van der Waals surface area (Å²) >= 11 is 4.97. The van der Waals surface area contributed by atoms with Crippen molar-refractivity contribution in [3.63, 3.8) is 0 Å². The number of hydrogen-bond acceptors (Lipinski definition) is 4. The fourth-order valence-corrected chi connectivity index (χ4v) is 1.44. The summed E-state index contributed by atoms with van der Waals surface area (Å²) in [5.74, 6) is -0.586. The van der Waals surface area contributed by atoms with Gasteiger partial charge in [0.1, 0.15) is 5.69 Å². The van der Waals surface area contributed by atoms with E-state index in [2.05, 4.69) is 15.5 Å². The number of hydrogen-bond donors (Lipinski definition) is 3. The van der Waals surface area contributed by atoms with Gasteiger partial charge in [0.25, 0.3) is 5.91 Å². The van der Waals surface area contributed by atoms with Crippen LogP contribution in [-0.4, -0.2) is 26.2 Å². The highest BCUT2D eigenvalue weighted by Gasteiger charge is 2.10. The summed E-state index contributed by atoms with van der Waals surface area (Å²) in [5.41, 5.74) is 2.52. The third-order valence-corrected chi connectivity index (χ3v) is 2.25. The van der Waals surface area contributed by atoms with Crippen molar-refractivity contribution in [3.05, 3.63) is 34.6 Å². The van der Waals surface area contributed by atoms with Crippen LogP contribution in [0.15, 0.2) is 24.3 Å². The average molecular weight is 238 g/mol. The van der Waals surface area contributed by atoms with Gasteiger partial charge in [0.2, 0.25) is 0 Å². The molecule has 1 amide bonds. The molecule has 2 rings (SSSR count). The predicted molar refractivity (Wildman–Crippen MR) is 54.6 cm³/mol. The van der Waals surface area contributed by atoms with E-state index in [0.29, 0.717) is 16.0 Å². The first kappa shape index (κ1) is 10.5. The second kappa shape index (κ2) is 4.21. The summed E-state index contributed by atoms with van der Waals surface area (Å²) < 4.78 is 1.87. The summed E-state index contributed by atoms with van der Waals surface area (Å²) in [6.45, 7) is 0. The van der Waals surface area contributed by atoms with E-state index in [9.17, 15) is 4.79 Å². The minimum absolute atomic E-state index is 0.316. The van der Waals surface area contributed by atoms with Crippen LogP contribution in [0.5, 0.6) is 0 Å². The molecular formula is C8H8N5O2S+. The molecule has 0 fully saturated rings. The Morgan fingerprint density at radius 1 is 1.62 bits per heavy atom. The molecule has 16 heavy (non-hydrogen) atoms. The zero-order valence-electron chi connectivity index (χ0n) is 7.97. The summed E-state index contributed by atoms with van der Waals surface area (Å²) in [7, 11) is 0. The first-order valence-corrected chi connectivity index (χ1v) is 4.73. The molecule has 2 aromatic rings. The number of carbonyl (C=O) groups excluding carboxylic acids is 1. The molecule has 0 aliphatic carbocycles. The largest absolute Gasteiger partial charge is 0.349 e. The summed E-state index contributed by atoms with van der Waals surface area (Å²) in [4.78, 5) is 11.2. The number of tetrazole rings is 1. The van der Waals surface area contributed by atoms with Crippen molar-refractivity contribution in [1.29, 1.82) is 0 Å². The molecule has 4 N–H and O–H groups in total. The Balaban J connectivity index is 2.48. The van der Waals surface area contributed by atoms with Crippen LogP contribution in [0.4, 0.5) is 0 Å². The van der Waals surface area contributed by atoms with E-state index in [1.165, 1.54) is 4.68 Å². The Morgan fingerprint density at radius 2 is 2.44 bits per heavy atom. The molecule has 0 aliphatic heterocycles. The molecule has 0 radical (unpaired) electrons. The van der Waals surface area contributed by atoms with Crippen molar-refractivity contribution in [2.24, 2.45) is 0 Å². The van der Waals surface area contributed by atoms with Crippen LogP contribution >= 0.6 is 12.2 Å². The molecule has 0 atom stereocenters. The van der Waals surface area contributed by atoms with Crippen LogP contribution in [-0.2, 0) is 0 Å². The van der Waals surface area contributed by atoms with Crippen LogP contribution in [0.25, 0.3) is 5.69 Å². The number of nitrogens with zero attached hydrogens (tertiary/aromatic N) is 2. The molecular weight excluding hydrogens is 230 g/mol. The third-order valence-electron chi connectivity index (χ3n) is 1.97. The quantitative estimate of drug-likeness (QED) is 0.385. The van der Waals surface area contributed by atoms with Crippen molar-refractivity contribution in [2.45, 2.75) is 0 Å². The first-order chi connectivity index (χ1) is 7.72. The highest BCUT2D eigenvalue weighted by atomic mass is 32.1. The predicted octanol–water partition coefficient (Wildman–Crippen LogP) is -0.137. The number of benzene rings is 1. The number of amides is 1. The zero-order chi connectivity index (χ0) is 11.5. The third kappa shape index (κ3) is 1.83. The van der Waals surface area contributed by atoms with E-state index in [0.717, 1.165) is 0 Å². The lowest BCUT2D eigenvalue weighted by molar-refractivity contribution is -0.464. The fraction of sp³-hybridized carbons (Fsp3) is 0. The van der Waals surface area contributed by atoms with Crippen molar-refractivity contribution in [1.82, 2.24) is 20.6 Å². The van der Waals surface area contributed by atoms with Crippen LogP contribution in [0.1, 0.15) is 10.4 Å². The van der Waals surface area contributed by atoms with Gasteiger partial charge in [-0.1, -0.05) is 16.0 Å². The molecule has 0 unspecified atom stereocenters. The van der Waals surface area contributed by atoms with Crippen LogP contribution in [0.2, 0.25) is 0 Å². The SMILES string of the molecule is O=C(NO)c1cccc(-n2[nH]n[nH+]c2=S)c1. The lowest BCUT2D eigenvalue weighted by Crippen LogP contribution is -2.18. The number of aromatic nitrogens is 4. The maximum absolute atomic E-state index is 11.2. The van der Waals surface area contributed by atoms with Gasteiger partial charge in [-0.25, -0.2) is 5.48 Å². The lowest BCUT2D eigenvalue weighted by atomic mass is 10.2. The number of carbonyl (C=O) groups is 1. The molecule has 1 heterocycles. The van der Waals surface area contributed by atoms with Crippen LogP contribution in [0, 0.1) is 4.77 Å². The number of aromatic amines is 2. The minimum atomic E-state index is -0.586. The van der Waals surface area contributed by atoms with Gasteiger partial charge < -0.3 is 0 Å². The zero-order valence-corrected chi connectivity index (χ0v) is 8.78. The highest BCUT2D eigenvalue weighted by Crippen LogP contribution is 2.08. The Hall–Kier alpha value is -2.06. The van der Waals surface area contributed by atoms with Crippen LogP contribution in [0.3, 0.4) is 0 Å². The Morgan fingerprint density at radius 3 is 3.06 bits per heavy atom. The highest BCUT2D eigenvalue weighted by molar-refractivity contribution is 7.71. The summed E-state index contributed by atoms with van der Waals surface area (Å²) in [6, 6.07) is 6.55. The van der Waals surface area contributed by atoms with E-state index >= 15 is 0 Å². The molecule has 82 valence electrons. The van der Waals surface area contributed by atoms with E-state index < -0.39 is 5.91 Å². The van der Waals surface area contributed by atoms with Crippen molar-refractivity contribution in [2.75, 3.05) is 0 Å². The molecule has 0 bridgehead atoms. The molecule has 0 spiro atoms. The average Bonchev–Trinajstić information content (AvgIpc) is 2.74. The smallest absolute Gasteiger partial charge is 0.288 e. The summed E-state index contributed by atoms with van der Waals surface area (Å²) in [5, 5.41) is 17.3. The topological polar surface area (TPSA) is 97.1 Å². The molecule has 1 aromatic heterocycles. The van der Waals surface area contributed by atoms with Gasteiger partial charge in [0.15, 0.2) is 0 Å². The van der Waals surface area contributed by atoms with Crippen molar-refractivity contribution < 1.29 is 15.1 Å². The van der Waals surface area contributed by atoms with Gasteiger partial charge in [0.05, 0.1) is 5.21 Å². The molecule has 0 saturated heterocycles. The van der Waals surface area contributed by atoms with E-state index in [-0.39, 0.29) is 0 Å². The van der Waals surface area contributed by atoms with E-state index in [1.807, 2.05) is 0 Å². The van der Waals surface area contributed by atoms with Crippen LogP contribution < -0.4 is 10.6 Å². The molecule has 0 aliphatic rings. The number of hydroxylamine groups is 1.